The number of hydrogen-bond acceptors (Lipinski definition) is 5. The first-order chi connectivity index (χ1) is 11.4. The monoisotopic (exact) mass is 349 g/mol. The molecule has 1 fully saturated rings. The fourth-order valence-corrected chi connectivity index (χ4v) is 2.95. The smallest absolute Gasteiger partial charge is 0.407 e. The van der Waals surface area contributed by atoms with E-state index < -0.39 is 6.09 Å². The molecule has 1 aliphatic rings. The third kappa shape index (κ3) is 3.33. The molecule has 0 aromatic carbocycles. The topological polar surface area (TPSA) is 100 Å². The van der Waals surface area contributed by atoms with Crippen molar-refractivity contribution in [2.24, 2.45) is 7.05 Å². The van der Waals surface area contributed by atoms with E-state index in [1.807, 2.05) is 6.07 Å². The highest BCUT2D eigenvalue weighted by atomic mass is 35.5. The second-order valence-corrected chi connectivity index (χ2v) is 6.01. The van der Waals surface area contributed by atoms with E-state index in [0.717, 1.165) is 16.7 Å². The van der Waals surface area contributed by atoms with Gasteiger partial charge >= 0.3 is 6.09 Å². The van der Waals surface area contributed by atoms with E-state index in [-0.39, 0.29) is 22.3 Å². The summed E-state index contributed by atoms with van der Waals surface area (Å²) in [4.78, 5) is 28.7. The van der Waals surface area contributed by atoms with Crippen molar-refractivity contribution in [3.8, 4) is 0 Å². The number of aromatic nitrogens is 3. The average Bonchev–Trinajstić information content (AvgIpc) is 3.03. The van der Waals surface area contributed by atoms with Crippen LogP contribution in [0.15, 0.2) is 29.2 Å². The number of likely N-dealkylation sites (tertiary alicyclic amines) is 1. The molecule has 0 radical (unpaired) electrons. The second kappa shape index (κ2) is 6.48. The van der Waals surface area contributed by atoms with Crippen molar-refractivity contribution in [2.75, 3.05) is 18.4 Å². The Bertz CT molecular complexity index is 821. The summed E-state index contributed by atoms with van der Waals surface area (Å²) < 4.78 is 1.15. The van der Waals surface area contributed by atoms with Gasteiger partial charge in [-0.05, 0) is 18.1 Å². The number of aryl methyl sites for hydroxylation is 1. The van der Waals surface area contributed by atoms with Crippen molar-refractivity contribution in [2.45, 2.75) is 12.3 Å². The Labute approximate surface area is 142 Å². The van der Waals surface area contributed by atoms with Gasteiger partial charge in [-0.1, -0.05) is 17.7 Å². The first kappa shape index (κ1) is 16.3. The van der Waals surface area contributed by atoms with Gasteiger partial charge < -0.3 is 15.3 Å². The molecule has 1 amide bonds. The van der Waals surface area contributed by atoms with E-state index in [2.05, 4.69) is 15.4 Å². The van der Waals surface area contributed by atoms with Crippen LogP contribution in [0.2, 0.25) is 5.15 Å². The molecule has 8 nitrogen and oxygen atoms in total. The maximum absolute atomic E-state index is 12.0. The number of pyridine rings is 1. The highest BCUT2D eigenvalue weighted by Crippen LogP contribution is 2.27. The molecule has 0 spiro atoms. The van der Waals surface area contributed by atoms with Crippen LogP contribution in [-0.2, 0) is 7.05 Å². The van der Waals surface area contributed by atoms with Gasteiger partial charge in [0.05, 0.1) is 0 Å². The Morgan fingerprint density at radius 3 is 2.88 bits per heavy atom. The van der Waals surface area contributed by atoms with Crippen LogP contribution in [-0.4, -0.2) is 44.0 Å². The average molecular weight is 350 g/mol. The second-order valence-electron chi connectivity index (χ2n) is 5.63. The van der Waals surface area contributed by atoms with Crippen LogP contribution >= 0.6 is 11.6 Å². The molecule has 1 aliphatic heterocycles. The summed E-state index contributed by atoms with van der Waals surface area (Å²) in [7, 11) is 1.52. The Morgan fingerprint density at radius 1 is 1.46 bits per heavy atom. The fourth-order valence-electron chi connectivity index (χ4n) is 2.73. The molecule has 1 atom stereocenters. The molecule has 24 heavy (non-hydrogen) atoms. The fraction of sp³-hybridized carbons (Fsp3) is 0.333. The van der Waals surface area contributed by atoms with E-state index >= 15 is 0 Å². The maximum Gasteiger partial charge on any atom is 0.407 e. The van der Waals surface area contributed by atoms with E-state index in [9.17, 15) is 9.59 Å². The van der Waals surface area contributed by atoms with Gasteiger partial charge in [0.1, 0.15) is 11.5 Å². The summed E-state index contributed by atoms with van der Waals surface area (Å²) in [5, 5.41) is 16.0. The largest absolute Gasteiger partial charge is 0.465 e. The third-order valence-electron chi connectivity index (χ3n) is 4.01. The lowest BCUT2D eigenvalue weighted by molar-refractivity contribution is 0.155. The number of nitrogens with one attached hydrogen (secondary N) is 1. The minimum absolute atomic E-state index is 0.144. The quantitative estimate of drug-likeness (QED) is 0.879. The Balaban J connectivity index is 1.74. The summed E-state index contributed by atoms with van der Waals surface area (Å²) in [5.74, 6) is 0.650. The molecular weight excluding hydrogens is 334 g/mol. The SMILES string of the molecule is Cn1nc(Cl)cc(Nc2ccc(C3CCN(C(=O)O)C3)cn2)c1=O. The minimum atomic E-state index is -0.894. The van der Waals surface area contributed by atoms with Gasteiger partial charge in [0, 0.05) is 38.3 Å². The predicted octanol–water partition coefficient (Wildman–Crippen LogP) is 2.04. The first-order valence-corrected chi connectivity index (χ1v) is 7.76. The summed E-state index contributed by atoms with van der Waals surface area (Å²) in [5.41, 5.74) is 0.957. The number of amides is 1. The van der Waals surface area contributed by atoms with Gasteiger partial charge in [-0.15, -0.1) is 0 Å². The van der Waals surface area contributed by atoms with E-state index in [4.69, 9.17) is 16.7 Å². The van der Waals surface area contributed by atoms with Crippen molar-refractivity contribution < 1.29 is 9.90 Å². The van der Waals surface area contributed by atoms with Crippen LogP contribution < -0.4 is 10.9 Å². The van der Waals surface area contributed by atoms with Gasteiger partial charge in [-0.2, -0.15) is 5.10 Å². The molecule has 3 rings (SSSR count). The van der Waals surface area contributed by atoms with Gasteiger partial charge in [-0.25, -0.2) is 14.5 Å². The molecule has 3 heterocycles. The van der Waals surface area contributed by atoms with Crippen molar-refractivity contribution >= 4 is 29.2 Å². The normalized spacial score (nSPS) is 17.1. The van der Waals surface area contributed by atoms with Crippen LogP contribution in [0.3, 0.4) is 0 Å². The summed E-state index contributed by atoms with van der Waals surface area (Å²) in [6, 6.07) is 5.09. The van der Waals surface area contributed by atoms with E-state index in [0.29, 0.717) is 18.9 Å². The first-order valence-electron chi connectivity index (χ1n) is 7.39. The van der Waals surface area contributed by atoms with Gasteiger partial charge in [0.15, 0.2) is 5.15 Å². The summed E-state index contributed by atoms with van der Waals surface area (Å²) in [6.07, 6.45) is 1.58. The zero-order valence-corrected chi connectivity index (χ0v) is 13.7. The van der Waals surface area contributed by atoms with Crippen LogP contribution in [0.4, 0.5) is 16.3 Å². The van der Waals surface area contributed by atoms with Crippen LogP contribution in [0, 0.1) is 0 Å². The molecule has 2 aromatic rings. The lowest BCUT2D eigenvalue weighted by Crippen LogP contribution is -2.26. The van der Waals surface area contributed by atoms with Crippen LogP contribution in [0.1, 0.15) is 17.9 Å². The standard InChI is InChI=1S/C15H16ClN5O3/c1-20-14(22)11(6-12(16)19-20)18-13-3-2-9(7-17-13)10-4-5-21(8-10)15(23)24/h2-3,6-7,10H,4-5,8H2,1H3,(H,17,18)(H,23,24). The lowest BCUT2D eigenvalue weighted by atomic mass is 10.0. The number of nitrogens with zero attached hydrogens (tertiary/aromatic N) is 4. The molecule has 2 aromatic heterocycles. The molecule has 0 aliphatic carbocycles. The molecule has 126 valence electrons. The molecule has 1 unspecified atom stereocenters. The van der Waals surface area contributed by atoms with Gasteiger partial charge in [0.25, 0.3) is 5.56 Å². The number of hydrogen-bond donors (Lipinski definition) is 2. The molecule has 2 N–H and O–H groups in total. The highest BCUT2D eigenvalue weighted by Gasteiger charge is 2.27. The summed E-state index contributed by atoms with van der Waals surface area (Å²) in [6.45, 7) is 1.01. The number of halogens is 1. The Kier molecular flexibility index (Phi) is 4.39. The number of carbonyl (C=O) groups is 1. The third-order valence-corrected chi connectivity index (χ3v) is 4.20. The van der Waals surface area contributed by atoms with Gasteiger partial charge in [0.2, 0.25) is 0 Å². The van der Waals surface area contributed by atoms with E-state index in [1.54, 1.807) is 12.3 Å². The van der Waals surface area contributed by atoms with Crippen LogP contribution in [0.5, 0.6) is 0 Å². The van der Waals surface area contributed by atoms with Gasteiger partial charge in [-0.3, -0.25) is 4.79 Å². The minimum Gasteiger partial charge on any atom is -0.465 e. The lowest BCUT2D eigenvalue weighted by Gasteiger charge is -2.13. The van der Waals surface area contributed by atoms with E-state index in [1.165, 1.54) is 18.0 Å². The number of rotatable bonds is 3. The zero-order valence-electron chi connectivity index (χ0n) is 12.9. The Morgan fingerprint density at radius 2 is 2.25 bits per heavy atom. The molecule has 0 saturated carbocycles. The summed E-state index contributed by atoms with van der Waals surface area (Å²) >= 11 is 5.86. The molecule has 0 bridgehead atoms. The van der Waals surface area contributed by atoms with Crippen molar-refractivity contribution in [1.29, 1.82) is 0 Å². The number of carboxylic acid groups (broad SMARTS) is 1. The highest BCUT2D eigenvalue weighted by molar-refractivity contribution is 6.29. The van der Waals surface area contributed by atoms with Crippen molar-refractivity contribution in [3.05, 3.63) is 45.5 Å². The van der Waals surface area contributed by atoms with Crippen molar-refractivity contribution in [1.82, 2.24) is 19.7 Å². The predicted molar refractivity (Wildman–Crippen MR) is 89.0 cm³/mol. The Hall–Kier alpha value is -2.61. The molecule has 1 saturated heterocycles. The molecule has 9 heteroatoms. The van der Waals surface area contributed by atoms with Crippen molar-refractivity contribution in [3.63, 3.8) is 0 Å². The zero-order chi connectivity index (χ0) is 17.3. The number of anilines is 2. The maximum atomic E-state index is 12.0. The van der Waals surface area contributed by atoms with Crippen LogP contribution in [0.25, 0.3) is 0 Å². The molecular formula is C15H16ClN5O3.